The molecule has 0 saturated carbocycles. The molecule has 2 atom stereocenters. The Balaban J connectivity index is 3.49. The van der Waals surface area contributed by atoms with E-state index in [0.717, 1.165) is 25.9 Å². The van der Waals surface area contributed by atoms with E-state index >= 15 is 0 Å². The van der Waals surface area contributed by atoms with E-state index in [0.29, 0.717) is 44.7 Å². The molecule has 0 fully saturated rings. The van der Waals surface area contributed by atoms with Crippen LogP contribution < -0.4 is 0 Å². The molecular weight excluding hydrogens is 328 g/mol. The average Bonchev–Trinajstić information content (AvgIpc) is 2.66. The minimum absolute atomic E-state index is 0.0958. The number of ether oxygens (including phenoxy) is 3. The van der Waals surface area contributed by atoms with Gasteiger partial charge in [0.25, 0.3) is 0 Å². The van der Waals surface area contributed by atoms with Gasteiger partial charge >= 0.3 is 5.97 Å². The standard InChI is InChI=1S/C22H44O4/c1-5-9-12-20(7-3)18-25-17-16-24-15-11-14-22(23)26-19-21(8-4)13-10-6-2/h20-21H,5-19H2,1-4H3. The molecule has 0 saturated heterocycles. The molecule has 0 N–H and O–H groups in total. The highest BCUT2D eigenvalue weighted by atomic mass is 16.5. The van der Waals surface area contributed by atoms with Gasteiger partial charge in [-0.1, -0.05) is 66.2 Å². The lowest BCUT2D eigenvalue weighted by Gasteiger charge is -2.15. The molecule has 0 aliphatic rings. The van der Waals surface area contributed by atoms with E-state index in [4.69, 9.17) is 14.2 Å². The van der Waals surface area contributed by atoms with Gasteiger partial charge in [0.1, 0.15) is 0 Å². The van der Waals surface area contributed by atoms with E-state index in [9.17, 15) is 4.79 Å². The van der Waals surface area contributed by atoms with E-state index in [1.807, 2.05) is 0 Å². The lowest BCUT2D eigenvalue weighted by molar-refractivity contribution is -0.145. The molecule has 0 spiro atoms. The van der Waals surface area contributed by atoms with Crippen LogP contribution in [0.4, 0.5) is 0 Å². The van der Waals surface area contributed by atoms with Crippen LogP contribution in [0, 0.1) is 11.8 Å². The smallest absolute Gasteiger partial charge is 0.305 e. The highest BCUT2D eigenvalue weighted by molar-refractivity contribution is 5.69. The SMILES string of the molecule is CCCCC(CC)COCCOCCCC(=O)OCC(CC)CCCC. The summed E-state index contributed by atoms with van der Waals surface area (Å²) >= 11 is 0. The van der Waals surface area contributed by atoms with E-state index < -0.39 is 0 Å². The van der Waals surface area contributed by atoms with Gasteiger partial charge in [-0.2, -0.15) is 0 Å². The molecule has 4 heteroatoms. The van der Waals surface area contributed by atoms with E-state index in [1.54, 1.807) is 0 Å². The predicted octanol–water partition coefficient (Wildman–Crippen LogP) is 5.78. The quantitative estimate of drug-likeness (QED) is 0.213. The minimum atomic E-state index is -0.0958. The summed E-state index contributed by atoms with van der Waals surface area (Å²) in [6.07, 6.45) is 10.8. The van der Waals surface area contributed by atoms with Gasteiger partial charge < -0.3 is 14.2 Å². The van der Waals surface area contributed by atoms with Gasteiger partial charge in [0.2, 0.25) is 0 Å². The first kappa shape index (κ1) is 25.4. The maximum absolute atomic E-state index is 11.8. The number of rotatable bonds is 19. The first-order chi connectivity index (χ1) is 12.7. The van der Waals surface area contributed by atoms with Crippen molar-refractivity contribution in [1.29, 1.82) is 0 Å². The highest BCUT2D eigenvalue weighted by Gasteiger charge is 2.10. The molecule has 4 nitrogen and oxygen atoms in total. The third-order valence-corrected chi connectivity index (χ3v) is 4.96. The van der Waals surface area contributed by atoms with Crippen LogP contribution in [-0.4, -0.2) is 39.0 Å². The highest BCUT2D eigenvalue weighted by Crippen LogP contribution is 2.14. The van der Waals surface area contributed by atoms with Crippen molar-refractivity contribution >= 4 is 5.97 Å². The number of hydrogen-bond acceptors (Lipinski definition) is 4. The third-order valence-electron chi connectivity index (χ3n) is 4.96. The zero-order valence-corrected chi connectivity index (χ0v) is 17.9. The Labute approximate surface area is 162 Å². The Kier molecular flexibility index (Phi) is 18.7. The number of hydrogen-bond donors (Lipinski definition) is 0. The molecule has 0 aliphatic heterocycles. The molecular formula is C22H44O4. The predicted molar refractivity (Wildman–Crippen MR) is 108 cm³/mol. The van der Waals surface area contributed by atoms with Gasteiger partial charge in [0.15, 0.2) is 0 Å². The van der Waals surface area contributed by atoms with Gasteiger partial charge in [-0.05, 0) is 31.1 Å². The second-order valence-electron chi connectivity index (χ2n) is 7.31. The van der Waals surface area contributed by atoms with Crippen molar-refractivity contribution in [1.82, 2.24) is 0 Å². The Morgan fingerprint density at radius 3 is 1.88 bits per heavy atom. The molecule has 26 heavy (non-hydrogen) atoms. The van der Waals surface area contributed by atoms with Crippen molar-refractivity contribution in [3.05, 3.63) is 0 Å². The minimum Gasteiger partial charge on any atom is -0.465 e. The summed E-state index contributed by atoms with van der Waals surface area (Å²) < 4.78 is 16.6. The summed E-state index contributed by atoms with van der Waals surface area (Å²) in [5.41, 5.74) is 0. The van der Waals surface area contributed by atoms with Crippen LogP contribution in [-0.2, 0) is 19.0 Å². The first-order valence-electron chi connectivity index (χ1n) is 11.0. The Morgan fingerprint density at radius 1 is 0.731 bits per heavy atom. The molecule has 0 heterocycles. The molecule has 2 unspecified atom stereocenters. The van der Waals surface area contributed by atoms with E-state index in [-0.39, 0.29) is 5.97 Å². The van der Waals surface area contributed by atoms with Crippen molar-refractivity contribution < 1.29 is 19.0 Å². The fourth-order valence-corrected chi connectivity index (χ4v) is 2.87. The molecule has 0 aromatic heterocycles. The monoisotopic (exact) mass is 372 g/mol. The molecule has 0 aliphatic carbocycles. The topological polar surface area (TPSA) is 44.8 Å². The fraction of sp³-hybridized carbons (Fsp3) is 0.955. The maximum atomic E-state index is 11.8. The van der Waals surface area contributed by atoms with Gasteiger partial charge in [-0.15, -0.1) is 0 Å². The normalized spacial score (nSPS) is 13.5. The van der Waals surface area contributed by atoms with Gasteiger partial charge in [0.05, 0.1) is 19.8 Å². The number of unbranched alkanes of at least 4 members (excludes halogenated alkanes) is 2. The number of carbonyl (C=O) groups excluding carboxylic acids is 1. The molecule has 0 radical (unpaired) electrons. The summed E-state index contributed by atoms with van der Waals surface area (Å²) in [5, 5.41) is 0. The van der Waals surface area contributed by atoms with Gasteiger partial charge in [-0.25, -0.2) is 0 Å². The number of esters is 1. The molecule has 0 amide bonds. The Bertz CT molecular complexity index is 307. The van der Waals surface area contributed by atoms with E-state index in [2.05, 4.69) is 27.7 Å². The second kappa shape index (κ2) is 19.2. The fourth-order valence-electron chi connectivity index (χ4n) is 2.87. The lowest BCUT2D eigenvalue weighted by atomic mass is 10.0. The molecule has 0 aromatic carbocycles. The summed E-state index contributed by atoms with van der Waals surface area (Å²) in [6.45, 7) is 12.1. The average molecular weight is 373 g/mol. The van der Waals surface area contributed by atoms with Crippen LogP contribution in [0.5, 0.6) is 0 Å². The van der Waals surface area contributed by atoms with Crippen LogP contribution in [0.15, 0.2) is 0 Å². The Morgan fingerprint density at radius 2 is 1.31 bits per heavy atom. The molecule has 156 valence electrons. The molecule has 0 rings (SSSR count). The number of carbonyl (C=O) groups is 1. The molecule has 0 bridgehead atoms. The largest absolute Gasteiger partial charge is 0.465 e. The van der Waals surface area contributed by atoms with Crippen molar-refractivity contribution in [2.45, 2.75) is 91.9 Å². The zero-order valence-electron chi connectivity index (χ0n) is 17.9. The van der Waals surface area contributed by atoms with Crippen molar-refractivity contribution in [2.75, 3.05) is 33.0 Å². The van der Waals surface area contributed by atoms with Gasteiger partial charge in [0, 0.05) is 19.6 Å². The zero-order chi connectivity index (χ0) is 19.5. The third kappa shape index (κ3) is 15.6. The van der Waals surface area contributed by atoms with Crippen LogP contribution in [0.1, 0.15) is 91.9 Å². The van der Waals surface area contributed by atoms with Crippen molar-refractivity contribution in [2.24, 2.45) is 11.8 Å². The molecule has 0 aromatic rings. The van der Waals surface area contributed by atoms with Crippen LogP contribution >= 0.6 is 0 Å². The van der Waals surface area contributed by atoms with Crippen LogP contribution in [0.2, 0.25) is 0 Å². The summed E-state index contributed by atoms with van der Waals surface area (Å²) in [7, 11) is 0. The van der Waals surface area contributed by atoms with Crippen molar-refractivity contribution in [3.8, 4) is 0 Å². The Hall–Kier alpha value is -0.610. The van der Waals surface area contributed by atoms with Crippen molar-refractivity contribution in [3.63, 3.8) is 0 Å². The summed E-state index contributed by atoms with van der Waals surface area (Å²) in [4.78, 5) is 11.8. The first-order valence-corrected chi connectivity index (χ1v) is 11.0. The lowest BCUT2D eigenvalue weighted by Crippen LogP contribution is -2.15. The maximum Gasteiger partial charge on any atom is 0.305 e. The van der Waals surface area contributed by atoms with Gasteiger partial charge in [-0.3, -0.25) is 4.79 Å². The van der Waals surface area contributed by atoms with Crippen LogP contribution in [0.3, 0.4) is 0 Å². The second-order valence-corrected chi connectivity index (χ2v) is 7.31. The summed E-state index contributed by atoms with van der Waals surface area (Å²) in [6, 6.07) is 0. The van der Waals surface area contributed by atoms with Crippen LogP contribution in [0.25, 0.3) is 0 Å². The summed E-state index contributed by atoms with van der Waals surface area (Å²) in [5.74, 6) is 1.09. The van der Waals surface area contributed by atoms with E-state index in [1.165, 1.54) is 38.5 Å².